The summed E-state index contributed by atoms with van der Waals surface area (Å²) >= 11 is 0. The molecular weight excluding hydrogens is 196 g/mol. The van der Waals surface area contributed by atoms with Crippen LogP contribution in [0.1, 0.15) is 13.3 Å². The van der Waals surface area contributed by atoms with Crippen molar-refractivity contribution in [2.45, 2.75) is 25.4 Å². The Balaban J connectivity index is 2.67. The number of nitrogens with one attached hydrogen (secondary N) is 1. The normalized spacial score (nSPS) is 28.6. The van der Waals surface area contributed by atoms with Crippen LogP contribution < -0.4 is 5.32 Å². The summed E-state index contributed by atoms with van der Waals surface area (Å²) in [6.07, 6.45) is 0.909. The highest BCUT2D eigenvalue weighted by Crippen LogP contribution is 2.12. The maximum absolute atomic E-state index is 11.6. The van der Waals surface area contributed by atoms with Gasteiger partial charge in [0.2, 0.25) is 5.91 Å². The van der Waals surface area contributed by atoms with Crippen LogP contribution in [0.15, 0.2) is 0 Å². The Kier molecular flexibility index (Phi) is 5.01. The van der Waals surface area contributed by atoms with E-state index < -0.39 is 6.04 Å². The predicted octanol–water partition coefficient (Wildman–Crippen LogP) is -0.796. The van der Waals surface area contributed by atoms with Crippen molar-refractivity contribution < 1.29 is 14.6 Å². The summed E-state index contributed by atoms with van der Waals surface area (Å²) in [5.74, 6) is -0.0852. The molecule has 88 valence electrons. The highest BCUT2D eigenvalue weighted by atomic mass is 16.5. The lowest BCUT2D eigenvalue weighted by Gasteiger charge is -2.31. The maximum atomic E-state index is 11.6. The summed E-state index contributed by atoms with van der Waals surface area (Å²) in [6.45, 7) is 3.86. The largest absolute Gasteiger partial charge is 0.394 e. The third-order valence-corrected chi connectivity index (χ3v) is 2.86. The lowest BCUT2D eigenvalue weighted by atomic mass is 10.1. The second kappa shape index (κ2) is 6.05. The number of methoxy groups -OCH3 is 1. The first-order valence-corrected chi connectivity index (χ1v) is 5.34. The van der Waals surface area contributed by atoms with E-state index >= 15 is 0 Å². The minimum Gasteiger partial charge on any atom is -0.394 e. The average molecular weight is 216 g/mol. The molecule has 1 amide bonds. The molecule has 0 bridgehead atoms. The monoisotopic (exact) mass is 216 g/mol. The van der Waals surface area contributed by atoms with Gasteiger partial charge in [-0.25, -0.2) is 0 Å². The number of aliphatic hydroxyl groups is 1. The van der Waals surface area contributed by atoms with Crippen LogP contribution in [0.25, 0.3) is 0 Å². The summed E-state index contributed by atoms with van der Waals surface area (Å²) in [5.41, 5.74) is 0. The molecule has 0 aromatic rings. The number of aliphatic hydroxyl groups excluding tert-OH is 1. The number of rotatable bonds is 4. The van der Waals surface area contributed by atoms with Crippen molar-refractivity contribution in [2.75, 3.05) is 33.4 Å². The van der Waals surface area contributed by atoms with Crippen molar-refractivity contribution >= 4 is 5.91 Å². The van der Waals surface area contributed by atoms with Crippen molar-refractivity contribution in [1.29, 1.82) is 0 Å². The number of carbonyl (C=O) groups is 1. The van der Waals surface area contributed by atoms with Crippen molar-refractivity contribution in [3.63, 3.8) is 0 Å². The molecule has 2 atom stereocenters. The Morgan fingerprint density at radius 2 is 2.40 bits per heavy atom. The maximum Gasteiger partial charge on any atom is 0.239 e. The van der Waals surface area contributed by atoms with Gasteiger partial charge in [-0.3, -0.25) is 9.69 Å². The Bertz CT molecular complexity index is 211. The molecule has 1 saturated heterocycles. The van der Waals surface area contributed by atoms with Gasteiger partial charge < -0.3 is 15.2 Å². The molecule has 0 radical (unpaired) electrons. The number of hydrogen-bond acceptors (Lipinski definition) is 4. The molecule has 0 aromatic carbocycles. The van der Waals surface area contributed by atoms with Crippen LogP contribution in [0.4, 0.5) is 0 Å². The average Bonchev–Trinajstić information content (AvgIpc) is 2.35. The van der Waals surface area contributed by atoms with Gasteiger partial charge in [-0.15, -0.1) is 0 Å². The quantitative estimate of drug-likeness (QED) is 0.646. The minimum absolute atomic E-state index is 0.0852. The minimum atomic E-state index is -0.433. The second-order valence-electron chi connectivity index (χ2n) is 3.86. The molecular formula is C10H20N2O3. The Morgan fingerprint density at radius 1 is 1.67 bits per heavy atom. The van der Waals surface area contributed by atoms with E-state index in [1.54, 1.807) is 7.11 Å². The van der Waals surface area contributed by atoms with Crippen LogP contribution in [0.5, 0.6) is 0 Å². The Hall–Kier alpha value is -0.650. The zero-order chi connectivity index (χ0) is 11.3. The Morgan fingerprint density at radius 3 is 3.00 bits per heavy atom. The van der Waals surface area contributed by atoms with Gasteiger partial charge in [-0.05, 0) is 13.3 Å². The lowest BCUT2D eigenvalue weighted by molar-refractivity contribution is -0.127. The first kappa shape index (κ1) is 12.4. The number of carbonyl (C=O) groups excluding carboxylic acids is 1. The van der Waals surface area contributed by atoms with Crippen molar-refractivity contribution in [3.8, 4) is 0 Å². The van der Waals surface area contributed by atoms with Gasteiger partial charge in [0.15, 0.2) is 0 Å². The summed E-state index contributed by atoms with van der Waals surface area (Å²) in [4.78, 5) is 13.6. The van der Waals surface area contributed by atoms with Gasteiger partial charge in [0.05, 0.1) is 13.2 Å². The number of nitrogens with zero attached hydrogens (tertiary/aromatic N) is 1. The molecule has 5 heteroatoms. The van der Waals surface area contributed by atoms with Crippen molar-refractivity contribution in [3.05, 3.63) is 0 Å². The van der Waals surface area contributed by atoms with Crippen LogP contribution in [0.3, 0.4) is 0 Å². The molecule has 2 N–H and O–H groups in total. The first-order chi connectivity index (χ1) is 7.20. The third kappa shape index (κ3) is 3.15. The van der Waals surface area contributed by atoms with E-state index in [9.17, 15) is 9.90 Å². The van der Waals surface area contributed by atoms with Gasteiger partial charge in [-0.2, -0.15) is 0 Å². The van der Waals surface area contributed by atoms with Crippen LogP contribution in [0, 0.1) is 0 Å². The van der Waals surface area contributed by atoms with E-state index in [0.29, 0.717) is 19.7 Å². The van der Waals surface area contributed by atoms with E-state index in [0.717, 1.165) is 6.42 Å². The first-order valence-electron chi connectivity index (χ1n) is 5.34. The van der Waals surface area contributed by atoms with E-state index in [2.05, 4.69) is 12.2 Å². The molecule has 1 fully saturated rings. The smallest absolute Gasteiger partial charge is 0.239 e. The number of amides is 1. The van der Waals surface area contributed by atoms with Gasteiger partial charge in [0.25, 0.3) is 0 Å². The molecule has 1 aliphatic rings. The summed E-state index contributed by atoms with van der Waals surface area (Å²) < 4.78 is 5.01. The molecule has 0 aliphatic carbocycles. The van der Waals surface area contributed by atoms with Crippen LogP contribution in [-0.2, 0) is 9.53 Å². The summed E-state index contributed by atoms with van der Waals surface area (Å²) in [6, 6.07) is -0.145. The SMILES string of the molecule is COCCN1C(C)CCNC(=O)C1CO. The second-order valence-corrected chi connectivity index (χ2v) is 3.86. The molecule has 1 aliphatic heterocycles. The molecule has 0 spiro atoms. The number of hydrogen-bond donors (Lipinski definition) is 2. The van der Waals surface area contributed by atoms with Crippen LogP contribution in [0.2, 0.25) is 0 Å². The van der Waals surface area contributed by atoms with E-state index in [-0.39, 0.29) is 18.6 Å². The van der Waals surface area contributed by atoms with E-state index in [1.165, 1.54) is 0 Å². The van der Waals surface area contributed by atoms with Gasteiger partial charge >= 0.3 is 0 Å². The third-order valence-electron chi connectivity index (χ3n) is 2.86. The molecule has 15 heavy (non-hydrogen) atoms. The lowest BCUT2D eigenvalue weighted by Crippen LogP contribution is -2.50. The topological polar surface area (TPSA) is 61.8 Å². The molecule has 1 rings (SSSR count). The van der Waals surface area contributed by atoms with Crippen LogP contribution in [-0.4, -0.2) is 61.4 Å². The zero-order valence-corrected chi connectivity index (χ0v) is 9.40. The van der Waals surface area contributed by atoms with Crippen molar-refractivity contribution in [1.82, 2.24) is 10.2 Å². The molecule has 2 unspecified atom stereocenters. The molecule has 1 heterocycles. The molecule has 5 nitrogen and oxygen atoms in total. The molecule has 0 aromatic heterocycles. The number of ether oxygens (including phenoxy) is 1. The van der Waals surface area contributed by atoms with E-state index in [4.69, 9.17) is 4.74 Å². The summed E-state index contributed by atoms with van der Waals surface area (Å²) in [5, 5.41) is 12.0. The van der Waals surface area contributed by atoms with E-state index in [1.807, 2.05) is 4.90 Å². The fourth-order valence-corrected chi connectivity index (χ4v) is 1.91. The highest BCUT2D eigenvalue weighted by molar-refractivity contribution is 5.82. The van der Waals surface area contributed by atoms with Crippen molar-refractivity contribution in [2.24, 2.45) is 0 Å². The van der Waals surface area contributed by atoms with Gasteiger partial charge in [-0.1, -0.05) is 0 Å². The van der Waals surface area contributed by atoms with Crippen LogP contribution >= 0.6 is 0 Å². The fourth-order valence-electron chi connectivity index (χ4n) is 1.91. The Labute approximate surface area is 90.4 Å². The van der Waals surface area contributed by atoms with Gasteiger partial charge in [0, 0.05) is 26.2 Å². The predicted molar refractivity (Wildman–Crippen MR) is 56.5 cm³/mol. The molecule has 0 saturated carbocycles. The zero-order valence-electron chi connectivity index (χ0n) is 9.40. The standard InChI is InChI=1S/C10H20N2O3/c1-8-3-4-11-10(14)9(7-13)12(8)5-6-15-2/h8-9,13H,3-7H2,1-2H3,(H,11,14). The summed E-state index contributed by atoms with van der Waals surface area (Å²) in [7, 11) is 1.64. The fraction of sp³-hybridized carbons (Fsp3) is 0.900. The highest BCUT2D eigenvalue weighted by Gasteiger charge is 2.30. The van der Waals surface area contributed by atoms with Gasteiger partial charge in [0.1, 0.15) is 6.04 Å².